The molecule has 5 heteroatoms. The minimum Gasteiger partial charge on any atom is -0.299 e. The van der Waals surface area contributed by atoms with E-state index < -0.39 is 0 Å². The first-order chi connectivity index (χ1) is 8.40. The van der Waals surface area contributed by atoms with Crippen LogP contribution in [0.4, 0.5) is 0 Å². The molecule has 0 radical (unpaired) electrons. The molecule has 0 bridgehead atoms. The summed E-state index contributed by atoms with van der Waals surface area (Å²) in [6.07, 6.45) is 2.18. The van der Waals surface area contributed by atoms with Crippen molar-refractivity contribution in [2.75, 3.05) is 0 Å². The quantitative estimate of drug-likeness (QED) is 0.533. The monoisotopic (exact) mass is 451 g/mol. The molecule has 0 fully saturated rings. The molecule has 0 saturated heterocycles. The molecule has 0 saturated carbocycles. The van der Waals surface area contributed by atoms with Crippen molar-refractivity contribution in [1.82, 2.24) is 0 Å². The summed E-state index contributed by atoms with van der Waals surface area (Å²) < 4.78 is 0. The summed E-state index contributed by atoms with van der Waals surface area (Å²) in [7, 11) is 0. The van der Waals surface area contributed by atoms with E-state index in [1.54, 1.807) is 27.7 Å². The maximum atomic E-state index is 10.6. The van der Waals surface area contributed by atoms with E-state index in [0.29, 0.717) is 25.7 Å². The summed E-state index contributed by atoms with van der Waals surface area (Å²) in [4.78, 5) is 42.2. The van der Waals surface area contributed by atoms with Crippen molar-refractivity contribution in [2.45, 2.75) is 66.2 Å². The molecule has 0 aromatic carbocycles. The SMILES string of the molecule is CCC(=O)CC(=O)CC.CCC(=O)CC(=O)CC.[Pt+4]. The first-order valence-electron chi connectivity index (χ1n) is 6.47. The van der Waals surface area contributed by atoms with Crippen molar-refractivity contribution < 1.29 is 40.2 Å². The molecule has 0 heterocycles. The van der Waals surface area contributed by atoms with Crippen molar-refractivity contribution in [2.24, 2.45) is 0 Å². The number of hydrogen-bond donors (Lipinski definition) is 0. The van der Waals surface area contributed by atoms with Gasteiger partial charge in [-0.25, -0.2) is 0 Å². The molecule has 0 aliphatic heterocycles. The summed E-state index contributed by atoms with van der Waals surface area (Å²) in [6, 6.07) is 0. The summed E-state index contributed by atoms with van der Waals surface area (Å²) in [5.41, 5.74) is 0. The molecule has 0 aliphatic rings. The van der Waals surface area contributed by atoms with E-state index in [4.69, 9.17) is 0 Å². The minimum atomic E-state index is 0. The Morgan fingerprint density at radius 1 is 0.526 bits per heavy atom. The van der Waals surface area contributed by atoms with E-state index in [-0.39, 0.29) is 57.0 Å². The number of Topliss-reactive ketones (excluding diaryl/α,β-unsaturated/α-hetero) is 4. The average molecular weight is 451 g/mol. The van der Waals surface area contributed by atoms with Gasteiger partial charge in [0.25, 0.3) is 0 Å². The summed E-state index contributed by atoms with van der Waals surface area (Å²) in [5, 5.41) is 0. The number of ketones is 4. The van der Waals surface area contributed by atoms with Crippen LogP contribution in [-0.4, -0.2) is 23.1 Å². The molecule has 110 valence electrons. The molecule has 0 spiro atoms. The van der Waals surface area contributed by atoms with Gasteiger partial charge in [0, 0.05) is 25.7 Å². The molecule has 0 aliphatic carbocycles. The van der Waals surface area contributed by atoms with Crippen molar-refractivity contribution in [3.63, 3.8) is 0 Å². The van der Waals surface area contributed by atoms with Gasteiger partial charge in [-0.1, -0.05) is 27.7 Å². The Balaban J connectivity index is -0.000000256. The molecule has 0 N–H and O–H groups in total. The van der Waals surface area contributed by atoms with Gasteiger partial charge >= 0.3 is 21.1 Å². The molecule has 4 nitrogen and oxygen atoms in total. The van der Waals surface area contributed by atoms with Gasteiger partial charge in [-0.15, -0.1) is 0 Å². The zero-order chi connectivity index (χ0) is 14.6. The van der Waals surface area contributed by atoms with Crippen molar-refractivity contribution in [3.8, 4) is 0 Å². The predicted octanol–water partition coefficient (Wildman–Crippen LogP) is 2.67. The van der Waals surface area contributed by atoms with Crippen LogP contribution in [0.1, 0.15) is 66.2 Å². The summed E-state index contributed by atoms with van der Waals surface area (Å²) >= 11 is 0. The van der Waals surface area contributed by atoms with Crippen LogP contribution in [-0.2, 0) is 40.2 Å². The first-order valence-corrected chi connectivity index (χ1v) is 6.47. The van der Waals surface area contributed by atoms with Gasteiger partial charge in [-0.3, -0.25) is 19.2 Å². The first kappa shape index (κ1) is 23.5. The number of rotatable bonds is 8. The van der Waals surface area contributed by atoms with Crippen molar-refractivity contribution in [1.29, 1.82) is 0 Å². The van der Waals surface area contributed by atoms with Crippen LogP contribution in [0.15, 0.2) is 0 Å². The predicted molar refractivity (Wildman–Crippen MR) is 70.4 cm³/mol. The third-order valence-corrected chi connectivity index (χ3v) is 2.37. The average Bonchev–Trinajstić information content (AvgIpc) is 2.38. The molecule has 0 unspecified atom stereocenters. The van der Waals surface area contributed by atoms with Gasteiger partial charge in [0.2, 0.25) is 0 Å². The standard InChI is InChI=1S/2C7H12O2.Pt/c2*1-3-6(8)5-7(9)4-2;/h2*3-5H2,1-2H3;/q;;+4. The van der Waals surface area contributed by atoms with Gasteiger partial charge < -0.3 is 0 Å². The third kappa shape index (κ3) is 17.4. The molecular weight excluding hydrogens is 427 g/mol. The topological polar surface area (TPSA) is 68.3 Å². The molecule has 0 rings (SSSR count). The third-order valence-electron chi connectivity index (χ3n) is 2.37. The second kappa shape index (κ2) is 15.4. The Morgan fingerprint density at radius 3 is 0.789 bits per heavy atom. The Bertz CT molecular complexity index is 240. The fraction of sp³-hybridized carbons (Fsp3) is 0.714. The van der Waals surface area contributed by atoms with Gasteiger partial charge in [0.05, 0.1) is 12.8 Å². The fourth-order valence-electron chi connectivity index (χ4n) is 0.940. The van der Waals surface area contributed by atoms with E-state index in [1.165, 1.54) is 0 Å². The molecule has 0 aromatic rings. The normalized spacial score (nSPS) is 8.63. The number of carbonyl (C=O) groups is 4. The largest absolute Gasteiger partial charge is 4.00 e. The second-order valence-corrected chi connectivity index (χ2v) is 3.92. The van der Waals surface area contributed by atoms with Crippen LogP contribution in [0, 0.1) is 0 Å². The van der Waals surface area contributed by atoms with Crippen molar-refractivity contribution in [3.05, 3.63) is 0 Å². The molecule has 0 aromatic heterocycles. The van der Waals surface area contributed by atoms with Crippen LogP contribution in [0.2, 0.25) is 0 Å². The molecule has 0 amide bonds. The smallest absolute Gasteiger partial charge is 0.299 e. The second-order valence-electron chi connectivity index (χ2n) is 3.92. The molecular formula is C14H24O4Pt+4. The van der Waals surface area contributed by atoms with Crippen LogP contribution in [0.5, 0.6) is 0 Å². The van der Waals surface area contributed by atoms with Crippen molar-refractivity contribution >= 4 is 23.1 Å². The van der Waals surface area contributed by atoms with Gasteiger partial charge in [-0.05, 0) is 0 Å². The zero-order valence-electron chi connectivity index (χ0n) is 12.2. The Hall–Kier alpha value is -0.632. The fourth-order valence-corrected chi connectivity index (χ4v) is 0.940. The zero-order valence-corrected chi connectivity index (χ0v) is 14.5. The molecule has 0 atom stereocenters. The van der Waals surface area contributed by atoms with Crippen LogP contribution in [0.25, 0.3) is 0 Å². The number of carbonyl (C=O) groups excluding carboxylic acids is 4. The maximum Gasteiger partial charge on any atom is 4.00 e. The Kier molecular flexibility index (Phi) is 19.0. The van der Waals surface area contributed by atoms with Gasteiger partial charge in [0.15, 0.2) is 0 Å². The van der Waals surface area contributed by atoms with Crippen LogP contribution in [0.3, 0.4) is 0 Å². The van der Waals surface area contributed by atoms with E-state index in [2.05, 4.69) is 0 Å². The van der Waals surface area contributed by atoms with E-state index in [1.807, 2.05) is 0 Å². The van der Waals surface area contributed by atoms with E-state index in [0.717, 1.165) is 0 Å². The van der Waals surface area contributed by atoms with E-state index in [9.17, 15) is 19.2 Å². The van der Waals surface area contributed by atoms with Crippen LogP contribution < -0.4 is 0 Å². The van der Waals surface area contributed by atoms with Crippen LogP contribution >= 0.6 is 0 Å². The summed E-state index contributed by atoms with van der Waals surface area (Å²) in [6.45, 7) is 7.08. The minimum absolute atomic E-state index is 0. The summed E-state index contributed by atoms with van der Waals surface area (Å²) in [5.74, 6) is 0.174. The maximum absolute atomic E-state index is 10.6. The van der Waals surface area contributed by atoms with Gasteiger partial charge in [-0.2, -0.15) is 0 Å². The Labute approximate surface area is 130 Å². The molecule has 19 heavy (non-hydrogen) atoms. The van der Waals surface area contributed by atoms with E-state index >= 15 is 0 Å². The van der Waals surface area contributed by atoms with Gasteiger partial charge in [0.1, 0.15) is 23.1 Å². The Morgan fingerprint density at radius 2 is 0.684 bits per heavy atom. The number of hydrogen-bond acceptors (Lipinski definition) is 4.